The summed E-state index contributed by atoms with van der Waals surface area (Å²) in [5, 5.41) is 8.63. The highest BCUT2D eigenvalue weighted by Crippen LogP contribution is 2.11. The summed E-state index contributed by atoms with van der Waals surface area (Å²) in [6.07, 6.45) is 1.55. The maximum atomic E-state index is 11.2. The number of carbonyl (C=O) groups excluding carboxylic acids is 1. The molecule has 1 N–H and O–H groups in total. The summed E-state index contributed by atoms with van der Waals surface area (Å²) in [5.41, 5.74) is -0.556. The van der Waals surface area contributed by atoms with Crippen molar-refractivity contribution in [3.63, 3.8) is 0 Å². The van der Waals surface area contributed by atoms with Crippen molar-refractivity contribution in [2.24, 2.45) is 0 Å². The van der Waals surface area contributed by atoms with Gasteiger partial charge in [-0.1, -0.05) is 12.7 Å². The number of aliphatic hydroxyl groups excluding tert-OH is 1. The van der Waals surface area contributed by atoms with Gasteiger partial charge >= 0.3 is 6.16 Å². The van der Waals surface area contributed by atoms with Gasteiger partial charge in [0.15, 0.2) is 0 Å². The van der Waals surface area contributed by atoms with E-state index in [4.69, 9.17) is 14.6 Å². The molecule has 0 aromatic rings. The molecule has 0 aliphatic carbocycles. The second-order valence-corrected chi connectivity index (χ2v) is 4.22. The zero-order chi connectivity index (χ0) is 11.9. The Bertz CT molecular complexity index is 205. The normalized spacial score (nSPS) is 13.1. The van der Waals surface area contributed by atoms with Gasteiger partial charge in [0.2, 0.25) is 0 Å². The van der Waals surface area contributed by atoms with Crippen molar-refractivity contribution in [1.29, 1.82) is 0 Å². The lowest BCUT2D eigenvalue weighted by Crippen LogP contribution is -2.27. The number of hydrogen-bond acceptors (Lipinski definition) is 4. The van der Waals surface area contributed by atoms with Gasteiger partial charge in [0.25, 0.3) is 0 Å². The van der Waals surface area contributed by atoms with Crippen molar-refractivity contribution in [2.45, 2.75) is 45.3 Å². The molecular formula is C11H20O4. The van der Waals surface area contributed by atoms with Gasteiger partial charge in [0, 0.05) is 6.61 Å². The summed E-state index contributed by atoms with van der Waals surface area (Å²) >= 11 is 0. The van der Waals surface area contributed by atoms with E-state index in [1.165, 1.54) is 6.08 Å². The first kappa shape index (κ1) is 14.0. The van der Waals surface area contributed by atoms with E-state index in [0.717, 1.165) is 0 Å². The Hall–Kier alpha value is -1.03. The molecule has 0 saturated heterocycles. The zero-order valence-electron chi connectivity index (χ0n) is 9.66. The van der Waals surface area contributed by atoms with E-state index in [0.29, 0.717) is 12.8 Å². The Morgan fingerprint density at radius 2 is 2.13 bits per heavy atom. The minimum atomic E-state index is -0.703. The van der Waals surface area contributed by atoms with Gasteiger partial charge in [-0.25, -0.2) is 4.79 Å². The maximum Gasteiger partial charge on any atom is 0.509 e. The van der Waals surface area contributed by atoms with Gasteiger partial charge in [-0.3, -0.25) is 0 Å². The molecule has 0 rings (SSSR count). The predicted molar refractivity (Wildman–Crippen MR) is 57.6 cm³/mol. The lowest BCUT2D eigenvalue weighted by molar-refractivity contribution is -0.0202. The highest BCUT2D eigenvalue weighted by atomic mass is 16.7. The van der Waals surface area contributed by atoms with Crippen molar-refractivity contribution in [2.75, 3.05) is 6.61 Å². The maximum absolute atomic E-state index is 11.2. The molecule has 1 atom stereocenters. The highest BCUT2D eigenvalue weighted by Gasteiger charge is 2.19. The molecule has 0 heterocycles. The molecule has 0 fully saturated rings. The molecule has 0 amide bonds. The third-order valence-electron chi connectivity index (χ3n) is 1.55. The van der Waals surface area contributed by atoms with Crippen LogP contribution in [0, 0.1) is 0 Å². The van der Waals surface area contributed by atoms with E-state index in [2.05, 4.69) is 6.58 Å². The van der Waals surface area contributed by atoms with Crippen LogP contribution in [0.15, 0.2) is 12.7 Å². The van der Waals surface area contributed by atoms with Crippen LogP contribution in [-0.4, -0.2) is 29.6 Å². The van der Waals surface area contributed by atoms with Crippen LogP contribution in [0.4, 0.5) is 4.79 Å². The minimum Gasteiger partial charge on any atom is -0.429 e. The van der Waals surface area contributed by atoms with Crippen LogP contribution in [0.1, 0.15) is 33.6 Å². The Kier molecular flexibility index (Phi) is 6.01. The molecule has 0 bridgehead atoms. The Labute approximate surface area is 90.9 Å². The van der Waals surface area contributed by atoms with Gasteiger partial charge in [-0.2, -0.15) is 0 Å². The van der Waals surface area contributed by atoms with Crippen molar-refractivity contribution < 1.29 is 19.4 Å². The average molecular weight is 216 g/mol. The van der Waals surface area contributed by atoms with Crippen LogP contribution in [0.5, 0.6) is 0 Å². The van der Waals surface area contributed by atoms with E-state index in [1.807, 2.05) is 0 Å². The Morgan fingerprint density at radius 3 is 2.53 bits per heavy atom. The largest absolute Gasteiger partial charge is 0.509 e. The number of carbonyl (C=O) groups is 1. The molecule has 88 valence electrons. The molecule has 1 unspecified atom stereocenters. The summed E-state index contributed by atoms with van der Waals surface area (Å²) in [4.78, 5) is 11.2. The molecule has 0 saturated carbocycles. The van der Waals surface area contributed by atoms with Gasteiger partial charge in [0.1, 0.15) is 11.7 Å². The first-order valence-corrected chi connectivity index (χ1v) is 5.02. The van der Waals surface area contributed by atoms with Crippen LogP contribution < -0.4 is 0 Å². The minimum absolute atomic E-state index is 0.0714. The van der Waals surface area contributed by atoms with Crippen LogP contribution in [0.3, 0.4) is 0 Å². The third kappa shape index (κ3) is 8.00. The van der Waals surface area contributed by atoms with Crippen LogP contribution in [-0.2, 0) is 9.47 Å². The van der Waals surface area contributed by atoms with Crippen molar-refractivity contribution >= 4 is 6.16 Å². The van der Waals surface area contributed by atoms with Crippen LogP contribution in [0.25, 0.3) is 0 Å². The molecular weight excluding hydrogens is 196 g/mol. The summed E-state index contributed by atoms with van der Waals surface area (Å²) in [7, 11) is 0. The number of ether oxygens (including phenoxy) is 2. The fourth-order valence-electron chi connectivity index (χ4n) is 0.915. The van der Waals surface area contributed by atoms with Crippen molar-refractivity contribution in [3.8, 4) is 0 Å². The monoisotopic (exact) mass is 216 g/mol. The second kappa shape index (κ2) is 6.45. The summed E-state index contributed by atoms with van der Waals surface area (Å²) < 4.78 is 9.97. The molecule has 0 aliphatic heterocycles. The van der Waals surface area contributed by atoms with E-state index in [9.17, 15) is 4.79 Å². The van der Waals surface area contributed by atoms with E-state index < -0.39 is 17.9 Å². The van der Waals surface area contributed by atoms with E-state index >= 15 is 0 Å². The molecule has 0 aliphatic rings. The lowest BCUT2D eigenvalue weighted by atomic mass is 10.2. The van der Waals surface area contributed by atoms with Crippen molar-refractivity contribution in [3.05, 3.63) is 12.7 Å². The average Bonchev–Trinajstić information content (AvgIpc) is 2.09. The molecule has 4 nitrogen and oxygen atoms in total. The highest BCUT2D eigenvalue weighted by molar-refractivity contribution is 5.60. The lowest BCUT2D eigenvalue weighted by Gasteiger charge is -2.21. The van der Waals surface area contributed by atoms with Gasteiger partial charge in [-0.05, 0) is 33.6 Å². The molecule has 0 aromatic carbocycles. The Balaban J connectivity index is 3.96. The molecule has 0 aromatic heterocycles. The summed E-state index contributed by atoms with van der Waals surface area (Å²) in [6, 6.07) is 0. The zero-order valence-corrected chi connectivity index (χ0v) is 9.66. The summed E-state index contributed by atoms with van der Waals surface area (Å²) in [5.74, 6) is 0. The van der Waals surface area contributed by atoms with E-state index in [-0.39, 0.29) is 6.61 Å². The van der Waals surface area contributed by atoms with Crippen molar-refractivity contribution in [1.82, 2.24) is 0 Å². The molecule has 0 radical (unpaired) electrons. The number of hydrogen-bond donors (Lipinski definition) is 1. The number of aliphatic hydroxyl groups is 1. The van der Waals surface area contributed by atoms with Crippen LogP contribution >= 0.6 is 0 Å². The topological polar surface area (TPSA) is 55.8 Å². The first-order valence-electron chi connectivity index (χ1n) is 5.02. The Morgan fingerprint density at radius 1 is 1.53 bits per heavy atom. The quantitative estimate of drug-likeness (QED) is 0.565. The van der Waals surface area contributed by atoms with Crippen LogP contribution in [0.2, 0.25) is 0 Å². The fraction of sp³-hybridized carbons (Fsp3) is 0.727. The number of rotatable bonds is 5. The van der Waals surface area contributed by atoms with Gasteiger partial charge in [0.05, 0.1) is 0 Å². The first-order chi connectivity index (χ1) is 6.89. The smallest absolute Gasteiger partial charge is 0.429 e. The molecule has 0 spiro atoms. The van der Waals surface area contributed by atoms with Gasteiger partial charge in [-0.15, -0.1) is 0 Å². The molecule has 15 heavy (non-hydrogen) atoms. The second-order valence-electron chi connectivity index (χ2n) is 4.22. The fourth-order valence-corrected chi connectivity index (χ4v) is 0.915. The predicted octanol–water partition coefficient (Wildman–Crippen LogP) is 2.27. The molecule has 4 heteroatoms. The van der Waals surface area contributed by atoms with Gasteiger partial charge < -0.3 is 14.6 Å². The standard InChI is InChI=1S/C11H20O4/c1-5-9(7-6-8-12)14-10(13)15-11(2,3)4/h5,9,12H,1,6-8H2,2-4H3. The van der Waals surface area contributed by atoms with E-state index in [1.54, 1.807) is 20.8 Å². The third-order valence-corrected chi connectivity index (χ3v) is 1.55. The SMILES string of the molecule is C=CC(CCCO)OC(=O)OC(C)(C)C. The summed E-state index contributed by atoms with van der Waals surface area (Å²) in [6.45, 7) is 8.93.